The Bertz CT molecular complexity index is 766. The molecule has 1 aromatic heterocycles. The van der Waals surface area contributed by atoms with Gasteiger partial charge in [-0.3, -0.25) is 0 Å². The second kappa shape index (κ2) is 9.15. The van der Waals surface area contributed by atoms with Gasteiger partial charge in [0.15, 0.2) is 5.82 Å². The summed E-state index contributed by atoms with van der Waals surface area (Å²) in [5, 5.41) is 4.37. The lowest BCUT2D eigenvalue weighted by Crippen LogP contribution is -2.19. The van der Waals surface area contributed by atoms with Crippen LogP contribution < -0.4 is 4.74 Å². The zero-order valence-electron chi connectivity index (χ0n) is 16.0. The summed E-state index contributed by atoms with van der Waals surface area (Å²) in [6.07, 6.45) is 4.23. The van der Waals surface area contributed by atoms with Gasteiger partial charge < -0.3 is 14.4 Å². The Kier molecular flexibility index (Phi) is 6.91. The van der Waals surface area contributed by atoms with Crippen LogP contribution in [-0.4, -0.2) is 59.0 Å². The van der Waals surface area contributed by atoms with E-state index < -0.39 is 5.97 Å². The molecule has 7 nitrogen and oxygen atoms in total. The molecule has 0 N–H and O–H groups in total. The number of rotatable bonds is 8. The first-order valence-corrected chi connectivity index (χ1v) is 8.53. The van der Waals surface area contributed by atoms with Crippen molar-refractivity contribution in [2.75, 3.05) is 27.2 Å². The summed E-state index contributed by atoms with van der Waals surface area (Å²) < 4.78 is 12.3. The van der Waals surface area contributed by atoms with Crippen molar-refractivity contribution in [3.05, 3.63) is 36.2 Å². The van der Waals surface area contributed by atoms with Crippen LogP contribution in [0.3, 0.4) is 0 Å². The third-order valence-electron chi connectivity index (χ3n) is 3.34. The van der Waals surface area contributed by atoms with E-state index in [0.717, 1.165) is 23.4 Å². The zero-order valence-corrected chi connectivity index (χ0v) is 16.0. The van der Waals surface area contributed by atoms with E-state index in [2.05, 4.69) is 15.0 Å². The third-order valence-corrected chi connectivity index (χ3v) is 3.34. The lowest BCUT2D eigenvalue weighted by atomic mass is 10.1. The maximum atomic E-state index is 11.6. The van der Waals surface area contributed by atoms with Crippen molar-refractivity contribution in [1.82, 2.24) is 19.7 Å². The quantitative estimate of drug-likeness (QED) is 0.534. The molecule has 0 amide bonds. The number of carbonyl (C=O) groups excluding carboxylic acids is 1. The second-order valence-electron chi connectivity index (χ2n) is 6.54. The van der Waals surface area contributed by atoms with Gasteiger partial charge in [-0.05, 0) is 58.6 Å². The number of hydrogen-bond acceptors (Lipinski definition) is 6. The van der Waals surface area contributed by atoms with Crippen LogP contribution in [-0.2, 0) is 9.53 Å². The number of carbonyl (C=O) groups is 1. The second-order valence-corrected chi connectivity index (χ2v) is 6.54. The van der Waals surface area contributed by atoms with Crippen LogP contribution in [0.4, 0.5) is 0 Å². The average Bonchev–Trinajstić information content (AvgIpc) is 3.00. The number of ether oxygens (including phenoxy) is 2. The topological polar surface area (TPSA) is 69.5 Å². The van der Waals surface area contributed by atoms with Gasteiger partial charge in [-0.1, -0.05) is 0 Å². The van der Waals surface area contributed by atoms with E-state index in [0.29, 0.717) is 12.4 Å². The molecule has 7 heteroatoms. The van der Waals surface area contributed by atoms with Gasteiger partial charge in [-0.15, -0.1) is 5.10 Å². The van der Waals surface area contributed by atoms with Crippen molar-refractivity contribution in [1.29, 1.82) is 0 Å². The normalized spacial score (nSPS) is 11.5. The summed E-state index contributed by atoms with van der Waals surface area (Å²) in [5.74, 6) is 0.937. The largest absolute Gasteiger partial charge is 0.492 e. The first-order chi connectivity index (χ1) is 12.3. The van der Waals surface area contributed by atoms with Gasteiger partial charge in [0, 0.05) is 24.4 Å². The Balaban J connectivity index is 2.09. The number of nitrogens with zero attached hydrogens (tertiary/aromatic N) is 4. The molecule has 0 aliphatic carbocycles. The van der Waals surface area contributed by atoms with Crippen molar-refractivity contribution in [2.24, 2.45) is 0 Å². The molecule has 0 unspecified atom stereocenters. The van der Waals surface area contributed by atoms with E-state index in [1.54, 1.807) is 20.2 Å². The Labute approximate surface area is 154 Å². The molecule has 1 aromatic carbocycles. The monoisotopic (exact) mass is 358 g/mol. The maximum absolute atomic E-state index is 11.6. The molecule has 140 valence electrons. The van der Waals surface area contributed by atoms with Crippen LogP contribution in [0.5, 0.6) is 5.75 Å². The SMILES string of the molecule is Cc1cc(OCCN(C)C)cc(-c2ncn(/C=C/C(=O)OC(C)C)n2)c1. The zero-order chi connectivity index (χ0) is 19.1. The van der Waals surface area contributed by atoms with Crippen molar-refractivity contribution < 1.29 is 14.3 Å². The Hall–Kier alpha value is -2.67. The van der Waals surface area contributed by atoms with Crippen LogP contribution in [0.2, 0.25) is 0 Å². The predicted molar refractivity (Wildman–Crippen MR) is 101 cm³/mol. The third kappa shape index (κ3) is 6.33. The molecule has 1 heterocycles. The molecule has 0 aliphatic heterocycles. The maximum Gasteiger partial charge on any atom is 0.332 e. The van der Waals surface area contributed by atoms with Crippen LogP contribution in [0, 0.1) is 6.92 Å². The van der Waals surface area contributed by atoms with Gasteiger partial charge in [0.25, 0.3) is 0 Å². The fourth-order valence-corrected chi connectivity index (χ4v) is 2.19. The lowest BCUT2D eigenvalue weighted by molar-refractivity contribution is -0.141. The average molecular weight is 358 g/mol. The van der Waals surface area contributed by atoms with Crippen molar-refractivity contribution >= 4 is 12.2 Å². The molecule has 0 saturated heterocycles. The van der Waals surface area contributed by atoms with Crippen molar-refractivity contribution in [3.8, 4) is 17.1 Å². The minimum Gasteiger partial charge on any atom is -0.492 e. The van der Waals surface area contributed by atoms with E-state index in [9.17, 15) is 4.79 Å². The van der Waals surface area contributed by atoms with Crippen LogP contribution in [0.1, 0.15) is 19.4 Å². The molecular formula is C19H26N4O3. The summed E-state index contributed by atoms with van der Waals surface area (Å²) in [5.41, 5.74) is 1.93. The summed E-state index contributed by atoms with van der Waals surface area (Å²) >= 11 is 0. The highest BCUT2D eigenvalue weighted by Gasteiger charge is 2.07. The first kappa shape index (κ1) is 19.7. The Morgan fingerprint density at radius 3 is 2.77 bits per heavy atom. The Morgan fingerprint density at radius 1 is 1.31 bits per heavy atom. The fraction of sp³-hybridized carbons (Fsp3) is 0.421. The molecule has 2 aromatic rings. The summed E-state index contributed by atoms with van der Waals surface area (Å²) in [7, 11) is 4.01. The van der Waals surface area contributed by atoms with Gasteiger partial charge in [0.1, 0.15) is 18.7 Å². The number of aryl methyl sites for hydroxylation is 1. The van der Waals surface area contributed by atoms with Gasteiger partial charge in [0.2, 0.25) is 0 Å². The summed E-state index contributed by atoms with van der Waals surface area (Å²) in [6.45, 7) is 7.05. The number of likely N-dealkylation sites (N-methyl/N-ethyl adjacent to an activating group) is 1. The molecule has 0 fully saturated rings. The highest BCUT2D eigenvalue weighted by Crippen LogP contribution is 2.23. The fourth-order valence-electron chi connectivity index (χ4n) is 2.19. The molecule has 0 saturated carbocycles. The molecule has 26 heavy (non-hydrogen) atoms. The van der Waals surface area contributed by atoms with Crippen LogP contribution in [0.25, 0.3) is 17.6 Å². The molecule has 0 spiro atoms. The molecule has 0 bridgehead atoms. The standard InChI is InChI=1S/C19H26N4O3/c1-14(2)26-18(24)6-7-23-13-20-19(21-23)16-10-15(3)11-17(12-16)25-9-8-22(4)5/h6-7,10-14H,8-9H2,1-5H3/b7-6+. The highest BCUT2D eigenvalue weighted by atomic mass is 16.5. The molecule has 2 rings (SSSR count). The number of aromatic nitrogens is 3. The van der Waals surface area contributed by atoms with Crippen molar-refractivity contribution in [2.45, 2.75) is 26.9 Å². The molecule has 0 aliphatic rings. The minimum absolute atomic E-state index is 0.156. The van der Waals surface area contributed by atoms with Gasteiger partial charge in [0.05, 0.1) is 6.10 Å². The van der Waals surface area contributed by atoms with Gasteiger partial charge in [-0.25, -0.2) is 14.5 Å². The van der Waals surface area contributed by atoms with Crippen LogP contribution in [0.15, 0.2) is 30.6 Å². The summed E-state index contributed by atoms with van der Waals surface area (Å²) in [4.78, 5) is 17.9. The minimum atomic E-state index is -0.413. The Morgan fingerprint density at radius 2 is 2.08 bits per heavy atom. The van der Waals surface area contributed by atoms with Crippen molar-refractivity contribution in [3.63, 3.8) is 0 Å². The molecular weight excluding hydrogens is 332 g/mol. The van der Waals surface area contributed by atoms with Gasteiger partial charge in [-0.2, -0.15) is 0 Å². The van der Waals surface area contributed by atoms with Gasteiger partial charge >= 0.3 is 5.97 Å². The van der Waals surface area contributed by atoms with E-state index in [-0.39, 0.29) is 6.10 Å². The summed E-state index contributed by atoms with van der Waals surface area (Å²) in [6, 6.07) is 5.90. The van der Waals surface area contributed by atoms with E-state index in [1.807, 2.05) is 39.2 Å². The molecule has 0 radical (unpaired) electrons. The number of hydrogen-bond donors (Lipinski definition) is 0. The number of esters is 1. The highest BCUT2D eigenvalue weighted by molar-refractivity contribution is 5.85. The van der Waals surface area contributed by atoms with E-state index in [4.69, 9.17) is 9.47 Å². The first-order valence-electron chi connectivity index (χ1n) is 8.53. The predicted octanol–water partition coefficient (Wildman–Crippen LogP) is 2.62. The van der Waals surface area contributed by atoms with E-state index >= 15 is 0 Å². The van der Waals surface area contributed by atoms with E-state index in [1.165, 1.54) is 17.0 Å². The smallest absolute Gasteiger partial charge is 0.332 e. The molecule has 0 atom stereocenters. The lowest BCUT2D eigenvalue weighted by Gasteiger charge is -2.12. The number of benzene rings is 1. The van der Waals surface area contributed by atoms with Crippen LogP contribution >= 0.6 is 0 Å².